The number of rotatable bonds is 1. The Balaban J connectivity index is 2.54. The molecule has 0 aliphatic heterocycles. The summed E-state index contributed by atoms with van der Waals surface area (Å²) in [6.45, 7) is 0. The van der Waals surface area contributed by atoms with Gasteiger partial charge in [0, 0.05) is 16.8 Å². The van der Waals surface area contributed by atoms with Gasteiger partial charge >= 0.3 is 5.63 Å². The van der Waals surface area contributed by atoms with Crippen LogP contribution in [0, 0.1) is 5.82 Å². The first kappa shape index (κ1) is 10.8. The van der Waals surface area contributed by atoms with Crippen LogP contribution in [0.2, 0.25) is 0 Å². The molecule has 0 amide bonds. The molecule has 0 saturated heterocycles. The quantitative estimate of drug-likeness (QED) is 0.487. The lowest BCUT2D eigenvalue weighted by Crippen LogP contribution is -2.00. The smallest absolute Gasteiger partial charge is 0.344 e. The molecular weight excluding hydrogens is 235 g/mol. The van der Waals surface area contributed by atoms with Gasteiger partial charge in [0.15, 0.2) is 0 Å². The molecule has 18 heavy (non-hydrogen) atoms. The lowest BCUT2D eigenvalue weighted by Gasteiger charge is -2.04. The van der Waals surface area contributed by atoms with E-state index in [4.69, 9.17) is 9.15 Å². The van der Waals surface area contributed by atoms with Gasteiger partial charge in [0.25, 0.3) is 0 Å². The van der Waals surface area contributed by atoms with Crippen molar-refractivity contribution >= 4 is 21.7 Å². The van der Waals surface area contributed by atoms with E-state index in [-0.39, 0.29) is 5.58 Å². The highest BCUT2D eigenvalue weighted by molar-refractivity contribution is 6.04. The molecule has 0 bridgehead atoms. The van der Waals surface area contributed by atoms with Crippen molar-refractivity contribution in [3.8, 4) is 5.75 Å². The van der Waals surface area contributed by atoms with Crippen molar-refractivity contribution in [1.29, 1.82) is 0 Å². The van der Waals surface area contributed by atoms with Crippen molar-refractivity contribution in [1.82, 2.24) is 0 Å². The van der Waals surface area contributed by atoms with Gasteiger partial charge in [0.05, 0.1) is 12.5 Å². The third kappa shape index (κ3) is 1.54. The molecule has 0 unspecified atom stereocenters. The monoisotopic (exact) mass is 244 g/mol. The van der Waals surface area contributed by atoms with E-state index >= 15 is 0 Å². The molecule has 3 nitrogen and oxygen atoms in total. The van der Waals surface area contributed by atoms with E-state index in [2.05, 4.69) is 0 Å². The van der Waals surface area contributed by atoms with Crippen LogP contribution in [0.15, 0.2) is 45.6 Å². The fourth-order valence-corrected chi connectivity index (χ4v) is 2.01. The van der Waals surface area contributed by atoms with Gasteiger partial charge in [-0.05, 0) is 30.3 Å². The third-order valence-electron chi connectivity index (χ3n) is 2.88. The van der Waals surface area contributed by atoms with Crippen LogP contribution in [0.4, 0.5) is 4.39 Å². The van der Waals surface area contributed by atoms with Crippen molar-refractivity contribution < 1.29 is 13.5 Å². The summed E-state index contributed by atoms with van der Waals surface area (Å²) in [7, 11) is 1.55. The highest BCUT2D eigenvalue weighted by atomic mass is 19.1. The number of halogens is 1. The molecule has 0 fully saturated rings. The van der Waals surface area contributed by atoms with Crippen LogP contribution in [0.5, 0.6) is 5.75 Å². The van der Waals surface area contributed by atoms with Crippen molar-refractivity contribution in [2.75, 3.05) is 7.11 Å². The Morgan fingerprint density at radius 2 is 1.83 bits per heavy atom. The molecule has 90 valence electrons. The minimum Gasteiger partial charge on any atom is -0.497 e. The SMILES string of the molecule is COc1ccc2c(=O)oc3cc(F)ccc3c2c1. The summed E-state index contributed by atoms with van der Waals surface area (Å²) >= 11 is 0. The van der Waals surface area contributed by atoms with Crippen LogP contribution in [-0.4, -0.2) is 7.11 Å². The Bertz CT molecular complexity index is 805. The van der Waals surface area contributed by atoms with E-state index in [0.29, 0.717) is 21.9 Å². The lowest BCUT2D eigenvalue weighted by atomic mass is 10.1. The minimum absolute atomic E-state index is 0.237. The van der Waals surface area contributed by atoms with Gasteiger partial charge in [-0.2, -0.15) is 0 Å². The molecule has 0 aliphatic rings. The number of benzene rings is 2. The Labute approximate surface area is 101 Å². The van der Waals surface area contributed by atoms with Gasteiger partial charge in [-0.25, -0.2) is 9.18 Å². The molecule has 3 rings (SSSR count). The largest absolute Gasteiger partial charge is 0.497 e. The van der Waals surface area contributed by atoms with E-state index in [1.54, 1.807) is 31.4 Å². The van der Waals surface area contributed by atoms with Gasteiger partial charge in [0.1, 0.15) is 17.1 Å². The Morgan fingerprint density at radius 1 is 1.06 bits per heavy atom. The first-order chi connectivity index (χ1) is 8.69. The van der Waals surface area contributed by atoms with Gasteiger partial charge in [-0.15, -0.1) is 0 Å². The number of fused-ring (bicyclic) bond motifs is 3. The fraction of sp³-hybridized carbons (Fsp3) is 0.0714. The molecule has 1 heterocycles. The standard InChI is InChI=1S/C14H9FO3/c1-17-9-3-5-11-12(7-9)10-4-2-8(15)6-13(10)18-14(11)16/h2-7H,1H3. The molecule has 0 N–H and O–H groups in total. The molecular formula is C14H9FO3. The molecule has 0 atom stereocenters. The van der Waals surface area contributed by atoms with Crippen LogP contribution in [-0.2, 0) is 0 Å². The van der Waals surface area contributed by atoms with E-state index in [1.165, 1.54) is 12.1 Å². The zero-order valence-electron chi connectivity index (χ0n) is 9.57. The first-order valence-electron chi connectivity index (χ1n) is 5.39. The zero-order valence-corrected chi connectivity index (χ0v) is 9.57. The Kier molecular flexibility index (Phi) is 2.30. The highest BCUT2D eigenvalue weighted by Crippen LogP contribution is 2.26. The summed E-state index contributed by atoms with van der Waals surface area (Å²) in [6.07, 6.45) is 0. The molecule has 3 aromatic rings. The average Bonchev–Trinajstić information content (AvgIpc) is 2.38. The maximum atomic E-state index is 13.1. The maximum Gasteiger partial charge on any atom is 0.344 e. The van der Waals surface area contributed by atoms with E-state index in [9.17, 15) is 9.18 Å². The topological polar surface area (TPSA) is 39.4 Å². The lowest BCUT2D eigenvalue weighted by molar-refractivity contribution is 0.415. The highest BCUT2D eigenvalue weighted by Gasteiger charge is 2.08. The maximum absolute atomic E-state index is 13.1. The third-order valence-corrected chi connectivity index (χ3v) is 2.88. The average molecular weight is 244 g/mol. The van der Waals surface area contributed by atoms with Gasteiger partial charge in [-0.1, -0.05) is 0 Å². The van der Waals surface area contributed by atoms with Crippen LogP contribution in [0.1, 0.15) is 0 Å². The second kappa shape index (κ2) is 3.84. The van der Waals surface area contributed by atoms with E-state index in [1.807, 2.05) is 0 Å². The van der Waals surface area contributed by atoms with Crippen LogP contribution in [0.3, 0.4) is 0 Å². The number of methoxy groups -OCH3 is 1. The second-order valence-electron chi connectivity index (χ2n) is 3.94. The van der Waals surface area contributed by atoms with Crippen LogP contribution < -0.4 is 10.4 Å². The second-order valence-corrected chi connectivity index (χ2v) is 3.94. The van der Waals surface area contributed by atoms with Gasteiger partial charge in [-0.3, -0.25) is 0 Å². The summed E-state index contributed by atoms with van der Waals surface area (Å²) in [5.41, 5.74) is -0.244. The van der Waals surface area contributed by atoms with Gasteiger partial charge in [0.2, 0.25) is 0 Å². The van der Waals surface area contributed by atoms with Crippen molar-refractivity contribution in [2.24, 2.45) is 0 Å². The molecule has 0 saturated carbocycles. The number of hydrogen-bond donors (Lipinski definition) is 0. The Morgan fingerprint density at radius 3 is 2.61 bits per heavy atom. The van der Waals surface area contributed by atoms with Gasteiger partial charge < -0.3 is 9.15 Å². The fourth-order valence-electron chi connectivity index (χ4n) is 2.01. The first-order valence-corrected chi connectivity index (χ1v) is 5.39. The van der Waals surface area contributed by atoms with Crippen molar-refractivity contribution in [3.05, 3.63) is 52.6 Å². The summed E-state index contributed by atoms with van der Waals surface area (Å²) in [4.78, 5) is 11.8. The summed E-state index contributed by atoms with van der Waals surface area (Å²) in [6, 6.07) is 9.20. The summed E-state index contributed by atoms with van der Waals surface area (Å²) in [5.74, 6) is 0.201. The normalized spacial score (nSPS) is 11.0. The number of ether oxygens (including phenoxy) is 1. The molecule has 2 aromatic carbocycles. The summed E-state index contributed by atoms with van der Waals surface area (Å²) in [5, 5.41) is 1.83. The minimum atomic E-state index is -0.481. The van der Waals surface area contributed by atoms with Crippen molar-refractivity contribution in [2.45, 2.75) is 0 Å². The van der Waals surface area contributed by atoms with E-state index < -0.39 is 11.4 Å². The molecule has 0 spiro atoms. The molecule has 4 heteroatoms. The van der Waals surface area contributed by atoms with Crippen molar-refractivity contribution in [3.63, 3.8) is 0 Å². The Hall–Kier alpha value is -2.36. The number of hydrogen-bond acceptors (Lipinski definition) is 3. The molecule has 1 aromatic heterocycles. The van der Waals surface area contributed by atoms with Crippen LogP contribution >= 0.6 is 0 Å². The molecule has 0 radical (unpaired) electrons. The van der Waals surface area contributed by atoms with Crippen LogP contribution in [0.25, 0.3) is 21.7 Å². The summed E-state index contributed by atoms with van der Waals surface area (Å²) < 4.78 is 23.3. The van der Waals surface area contributed by atoms with E-state index in [0.717, 1.165) is 0 Å². The zero-order chi connectivity index (χ0) is 12.7. The predicted octanol–water partition coefficient (Wildman–Crippen LogP) is 3.09. The molecule has 0 aliphatic carbocycles. The predicted molar refractivity (Wildman–Crippen MR) is 66.5 cm³/mol.